The van der Waals surface area contributed by atoms with Crippen LogP contribution in [0.5, 0.6) is 5.88 Å². The summed E-state index contributed by atoms with van der Waals surface area (Å²) in [5, 5.41) is 2.99. The van der Waals surface area contributed by atoms with Gasteiger partial charge in [-0.25, -0.2) is 9.78 Å². The molecule has 1 aliphatic carbocycles. The van der Waals surface area contributed by atoms with E-state index in [1.165, 1.54) is 19.7 Å². The smallest absolute Gasteiger partial charge is 0.340 e. The van der Waals surface area contributed by atoms with Crippen LogP contribution in [0.15, 0.2) is 18.3 Å². The van der Waals surface area contributed by atoms with Crippen LogP contribution in [0.3, 0.4) is 0 Å². The van der Waals surface area contributed by atoms with Crippen molar-refractivity contribution in [1.29, 1.82) is 0 Å². The highest BCUT2D eigenvalue weighted by Crippen LogP contribution is 2.23. The molecule has 2 rings (SSSR count). The Balaban J connectivity index is 1.87. The van der Waals surface area contributed by atoms with E-state index in [2.05, 4.69) is 17.2 Å². The molecule has 1 heterocycles. The number of rotatable bonds is 5. The van der Waals surface area contributed by atoms with Gasteiger partial charge < -0.3 is 14.8 Å². The fourth-order valence-corrected chi connectivity index (χ4v) is 2.73. The fraction of sp³-hybridized carbons (Fsp3) is 0.588. The molecule has 126 valence electrons. The van der Waals surface area contributed by atoms with E-state index in [-0.39, 0.29) is 17.5 Å². The Morgan fingerprint density at radius 3 is 2.65 bits per heavy atom. The number of hydrogen-bond acceptors (Lipinski definition) is 5. The highest BCUT2D eigenvalue weighted by Gasteiger charge is 2.26. The summed E-state index contributed by atoms with van der Waals surface area (Å²) in [4.78, 5) is 28.2. The number of pyridine rings is 1. The zero-order valence-corrected chi connectivity index (χ0v) is 13.9. The number of methoxy groups -OCH3 is 1. The zero-order valence-electron chi connectivity index (χ0n) is 13.9. The van der Waals surface area contributed by atoms with Crippen LogP contribution in [0.25, 0.3) is 0 Å². The lowest BCUT2D eigenvalue weighted by atomic mass is 9.86. The van der Waals surface area contributed by atoms with Crippen LogP contribution >= 0.6 is 0 Å². The molecule has 1 aliphatic rings. The van der Waals surface area contributed by atoms with Crippen molar-refractivity contribution in [1.82, 2.24) is 10.3 Å². The summed E-state index contributed by atoms with van der Waals surface area (Å²) < 4.78 is 10.2. The van der Waals surface area contributed by atoms with Crippen LogP contribution in [0.1, 0.15) is 49.9 Å². The monoisotopic (exact) mass is 320 g/mol. The minimum atomic E-state index is -0.835. The van der Waals surface area contributed by atoms with Gasteiger partial charge in [0.25, 0.3) is 5.91 Å². The maximum absolute atomic E-state index is 12.2. The van der Waals surface area contributed by atoms with Gasteiger partial charge in [0, 0.05) is 18.3 Å². The molecule has 0 aliphatic heterocycles. The van der Waals surface area contributed by atoms with Crippen LogP contribution in [-0.2, 0) is 9.53 Å². The Kier molecular flexibility index (Phi) is 5.96. The molecular weight excluding hydrogens is 296 g/mol. The number of nitrogens with one attached hydrogen (secondary N) is 1. The predicted molar refractivity (Wildman–Crippen MR) is 85.2 cm³/mol. The largest absolute Gasteiger partial charge is 0.481 e. The van der Waals surface area contributed by atoms with Gasteiger partial charge in [-0.15, -0.1) is 0 Å². The maximum Gasteiger partial charge on any atom is 0.340 e. The van der Waals surface area contributed by atoms with Gasteiger partial charge in [-0.1, -0.05) is 19.8 Å². The van der Waals surface area contributed by atoms with Crippen LogP contribution in [0.4, 0.5) is 0 Å². The van der Waals surface area contributed by atoms with E-state index >= 15 is 0 Å². The molecular formula is C17H24N2O4. The number of nitrogens with zero attached hydrogens (tertiary/aromatic N) is 1. The van der Waals surface area contributed by atoms with Crippen molar-refractivity contribution in [3.8, 4) is 5.88 Å². The van der Waals surface area contributed by atoms with Crippen LogP contribution in [0, 0.1) is 5.92 Å². The molecule has 3 atom stereocenters. The van der Waals surface area contributed by atoms with E-state index < -0.39 is 12.1 Å². The predicted octanol–water partition coefficient (Wildman–Crippen LogP) is 2.33. The van der Waals surface area contributed by atoms with Crippen molar-refractivity contribution in [2.75, 3.05) is 7.11 Å². The zero-order chi connectivity index (χ0) is 16.8. The first-order valence-corrected chi connectivity index (χ1v) is 8.02. The number of esters is 1. The molecule has 1 fully saturated rings. The molecule has 0 aromatic carbocycles. The van der Waals surface area contributed by atoms with Gasteiger partial charge in [-0.3, -0.25) is 4.79 Å². The second-order valence-electron chi connectivity index (χ2n) is 6.01. The molecule has 1 N–H and O–H groups in total. The quantitative estimate of drug-likeness (QED) is 0.843. The average molecular weight is 320 g/mol. The van der Waals surface area contributed by atoms with Crippen LogP contribution in [0.2, 0.25) is 0 Å². The van der Waals surface area contributed by atoms with E-state index in [0.29, 0.717) is 11.8 Å². The van der Waals surface area contributed by atoms with Gasteiger partial charge >= 0.3 is 5.97 Å². The molecule has 0 unspecified atom stereocenters. The molecule has 0 saturated heterocycles. The summed E-state index contributed by atoms with van der Waals surface area (Å²) in [5.41, 5.74) is 0.288. The van der Waals surface area contributed by atoms with Crippen LogP contribution < -0.4 is 10.1 Å². The van der Waals surface area contributed by atoms with E-state index in [1.54, 1.807) is 19.1 Å². The first-order valence-electron chi connectivity index (χ1n) is 8.02. The standard InChI is InChI=1S/C17H24N2O4/c1-11-6-4-5-7-14(11)19-16(20)12(2)23-17(21)13-8-9-15(22-3)18-10-13/h8-12,14H,4-7H2,1-3H3,(H,19,20)/t11-,12+,14-/m0/s1. The lowest BCUT2D eigenvalue weighted by Gasteiger charge is -2.30. The van der Waals surface area contributed by atoms with Crippen molar-refractivity contribution in [2.24, 2.45) is 5.92 Å². The minimum Gasteiger partial charge on any atom is -0.481 e. The second kappa shape index (κ2) is 7.94. The fourth-order valence-electron chi connectivity index (χ4n) is 2.73. The number of aromatic nitrogens is 1. The number of amides is 1. The third-order valence-corrected chi connectivity index (χ3v) is 4.27. The van der Waals surface area contributed by atoms with Crippen molar-refractivity contribution in [2.45, 2.75) is 51.7 Å². The Hall–Kier alpha value is -2.11. The summed E-state index contributed by atoms with van der Waals surface area (Å²) in [6.45, 7) is 3.72. The molecule has 1 amide bonds. The number of hydrogen-bond donors (Lipinski definition) is 1. The van der Waals surface area contributed by atoms with Gasteiger partial charge in [-0.2, -0.15) is 0 Å². The number of carbonyl (C=O) groups is 2. The van der Waals surface area contributed by atoms with Gasteiger partial charge in [-0.05, 0) is 31.7 Å². The topological polar surface area (TPSA) is 77.5 Å². The lowest BCUT2D eigenvalue weighted by molar-refractivity contribution is -0.130. The van der Waals surface area contributed by atoms with Gasteiger partial charge in [0.15, 0.2) is 6.10 Å². The van der Waals surface area contributed by atoms with Crippen molar-refractivity contribution >= 4 is 11.9 Å². The Bertz CT molecular complexity index is 544. The van der Waals surface area contributed by atoms with E-state index in [9.17, 15) is 9.59 Å². The van der Waals surface area contributed by atoms with Gasteiger partial charge in [0.05, 0.1) is 12.7 Å². The first-order chi connectivity index (χ1) is 11.0. The Morgan fingerprint density at radius 1 is 1.30 bits per heavy atom. The number of carbonyl (C=O) groups excluding carboxylic acids is 2. The normalized spacial score (nSPS) is 22.0. The molecule has 1 aromatic rings. The van der Waals surface area contributed by atoms with E-state index in [1.807, 2.05) is 0 Å². The van der Waals surface area contributed by atoms with E-state index in [4.69, 9.17) is 9.47 Å². The molecule has 6 heteroatoms. The molecule has 0 bridgehead atoms. The summed E-state index contributed by atoms with van der Waals surface area (Å²) >= 11 is 0. The summed E-state index contributed by atoms with van der Waals surface area (Å²) in [6.07, 6.45) is 4.98. The summed E-state index contributed by atoms with van der Waals surface area (Å²) in [5.74, 6) is 0.0538. The third-order valence-electron chi connectivity index (χ3n) is 4.27. The van der Waals surface area contributed by atoms with Crippen molar-refractivity contribution in [3.05, 3.63) is 23.9 Å². The average Bonchev–Trinajstić information content (AvgIpc) is 2.56. The number of ether oxygens (including phenoxy) is 2. The molecule has 0 radical (unpaired) electrons. The SMILES string of the molecule is COc1ccc(C(=O)O[C@H](C)C(=O)N[C@H]2CCCC[C@@H]2C)cn1. The lowest BCUT2D eigenvalue weighted by Crippen LogP contribution is -2.45. The Labute approximate surface area is 136 Å². The second-order valence-corrected chi connectivity index (χ2v) is 6.01. The van der Waals surface area contributed by atoms with Crippen molar-refractivity contribution in [3.63, 3.8) is 0 Å². The van der Waals surface area contributed by atoms with Gasteiger partial charge in [0.1, 0.15) is 0 Å². The highest BCUT2D eigenvalue weighted by molar-refractivity contribution is 5.92. The third kappa shape index (κ3) is 4.68. The first kappa shape index (κ1) is 17.2. The van der Waals surface area contributed by atoms with Crippen LogP contribution in [-0.4, -0.2) is 36.1 Å². The molecule has 1 aromatic heterocycles. The minimum absolute atomic E-state index is 0.167. The molecule has 23 heavy (non-hydrogen) atoms. The molecule has 6 nitrogen and oxygen atoms in total. The van der Waals surface area contributed by atoms with E-state index in [0.717, 1.165) is 19.3 Å². The van der Waals surface area contributed by atoms with Crippen molar-refractivity contribution < 1.29 is 19.1 Å². The molecule has 0 spiro atoms. The Morgan fingerprint density at radius 2 is 2.04 bits per heavy atom. The summed E-state index contributed by atoms with van der Waals surface area (Å²) in [7, 11) is 1.50. The molecule has 1 saturated carbocycles. The maximum atomic E-state index is 12.2. The van der Waals surface area contributed by atoms with Gasteiger partial charge in [0.2, 0.25) is 5.88 Å². The summed E-state index contributed by atoms with van der Waals surface area (Å²) in [6, 6.07) is 3.30. The highest BCUT2D eigenvalue weighted by atomic mass is 16.5.